The van der Waals surface area contributed by atoms with Gasteiger partial charge in [-0.3, -0.25) is 10.2 Å². The first kappa shape index (κ1) is 13.4. The highest BCUT2D eigenvalue weighted by molar-refractivity contribution is 5.75. The molecule has 0 radical (unpaired) electrons. The van der Waals surface area contributed by atoms with Gasteiger partial charge in [-0.2, -0.15) is 0 Å². The van der Waals surface area contributed by atoms with Crippen LogP contribution in [0.3, 0.4) is 0 Å². The van der Waals surface area contributed by atoms with Crippen molar-refractivity contribution >= 4 is 5.91 Å². The first-order valence-electron chi connectivity index (χ1n) is 5.52. The van der Waals surface area contributed by atoms with Crippen molar-refractivity contribution in [3.8, 4) is 5.75 Å². The van der Waals surface area contributed by atoms with E-state index >= 15 is 0 Å². The minimum Gasteiger partial charge on any atom is -0.494 e. The maximum atomic E-state index is 13.0. The van der Waals surface area contributed by atoms with Gasteiger partial charge in [-0.15, -0.1) is 0 Å². The Morgan fingerprint density at radius 2 is 2.24 bits per heavy atom. The summed E-state index contributed by atoms with van der Waals surface area (Å²) in [5.41, 5.74) is 2.63. The molecule has 0 atom stereocenters. The lowest BCUT2D eigenvalue weighted by atomic mass is 10.2. The predicted molar refractivity (Wildman–Crippen MR) is 62.8 cm³/mol. The molecule has 0 saturated heterocycles. The Morgan fingerprint density at radius 1 is 1.47 bits per heavy atom. The van der Waals surface area contributed by atoms with Gasteiger partial charge in [0.15, 0.2) is 0 Å². The molecule has 0 aliphatic carbocycles. The Morgan fingerprint density at radius 3 is 2.88 bits per heavy atom. The third-order valence-electron chi connectivity index (χ3n) is 2.36. The van der Waals surface area contributed by atoms with E-state index in [1.54, 1.807) is 19.1 Å². The monoisotopic (exact) mass is 240 g/mol. The van der Waals surface area contributed by atoms with E-state index in [4.69, 9.17) is 10.6 Å². The molecule has 4 nitrogen and oxygen atoms in total. The van der Waals surface area contributed by atoms with Gasteiger partial charge < -0.3 is 4.74 Å². The number of nitrogens with one attached hydrogen (secondary N) is 1. The molecule has 0 bridgehead atoms. The molecule has 17 heavy (non-hydrogen) atoms. The molecule has 0 aliphatic heterocycles. The molecule has 3 N–H and O–H groups in total. The van der Waals surface area contributed by atoms with Crippen LogP contribution in [0.5, 0.6) is 5.75 Å². The molecular formula is C12H17FN2O2. The average molecular weight is 240 g/mol. The van der Waals surface area contributed by atoms with Gasteiger partial charge in [-0.1, -0.05) is 0 Å². The Kier molecular flexibility index (Phi) is 5.42. The van der Waals surface area contributed by atoms with Crippen molar-refractivity contribution in [2.24, 2.45) is 5.84 Å². The van der Waals surface area contributed by atoms with E-state index in [2.05, 4.69) is 5.43 Å². The molecule has 0 heterocycles. The summed E-state index contributed by atoms with van der Waals surface area (Å²) < 4.78 is 18.4. The van der Waals surface area contributed by atoms with Crippen molar-refractivity contribution in [3.05, 3.63) is 29.6 Å². The third-order valence-corrected chi connectivity index (χ3v) is 2.36. The van der Waals surface area contributed by atoms with E-state index in [1.165, 1.54) is 6.07 Å². The maximum absolute atomic E-state index is 13.0. The Bertz CT molecular complexity index is 383. The lowest BCUT2D eigenvalue weighted by Gasteiger charge is -2.07. The first-order chi connectivity index (χ1) is 8.13. The largest absolute Gasteiger partial charge is 0.494 e. The number of aryl methyl sites for hydroxylation is 1. The van der Waals surface area contributed by atoms with Gasteiger partial charge in [0.25, 0.3) is 0 Å². The van der Waals surface area contributed by atoms with Crippen LogP contribution in [0, 0.1) is 12.7 Å². The lowest BCUT2D eigenvalue weighted by molar-refractivity contribution is -0.121. The van der Waals surface area contributed by atoms with E-state index in [0.717, 1.165) is 6.42 Å². The molecule has 0 aromatic heterocycles. The molecule has 1 amide bonds. The summed E-state index contributed by atoms with van der Waals surface area (Å²) in [4.78, 5) is 10.8. The van der Waals surface area contributed by atoms with Crippen molar-refractivity contribution in [3.63, 3.8) is 0 Å². The van der Waals surface area contributed by atoms with E-state index in [-0.39, 0.29) is 11.7 Å². The van der Waals surface area contributed by atoms with Gasteiger partial charge >= 0.3 is 0 Å². The number of carbonyl (C=O) groups excluding carboxylic acids is 1. The van der Waals surface area contributed by atoms with Gasteiger partial charge in [0.1, 0.15) is 11.6 Å². The Labute approximate surface area is 99.9 Å². The van der Waals surface area contributed by atoms with Crippen LogP contribution in [0.25, 0.3) is 0 Å². The maximum Gasteiger partial charge on any atom is 0.233 e. The summed E-state index contributed by atoms with van der Waals surface area (Å²) in [5, 5.41) is 0. The van der Waals surface area contributed by atoms with Gasteiger partial charge in [-0.25, -0.2) is 10.2 Å². The standard InChI is InChI=1S/C12H17FN2O2/c1-9-8-10(5-6-11(9)13)17-7-3-2-4-12(16)15-14/h5-6,8H,2-4,7,14H2,1H3,(H,15,16). The minimum atomic E-state index is -0.239. The summed E-state index contributed by atoms with van der Waals surface area (Å²) >= 11 is 0. The fourth-order valence-corrected chi connectivity index (χ4v) is 1.36. The highest BCUT2D eigenvalue weighted by atomic mass is 19.1. The zero-order chi connectivity index (χ0) is 12.7. The second-order valence-electron chi connectivity index (χ2n) is 3.78. The fraction of sp³-hybridized carbons (Fsp3) is 0.417. The van der Waals surface area contributed by atoms with E-state index in [9.17, 15) is 9.18 Å². The van der Waals surface area contributed by atoms with Crippen molar-refractivity contribution in [1.29, 1.82) is 0 Å². The highest BCUT2D eigenvalue weighted by Gasteiger charge is 2.01. The lowest BCUT2D eigenvalue weighted by Crippen LogP contribution is -2.29. The van der Waals surface area contributed by atoms with Crippen LogP contribution >= 0.6 is 0 Å². The van der Waals surface area contributed by atoms with Crippen LogP contribution in [0.15, 0.2) is 18.2 Å². The topological polar surface area (TPSA) is 64.3 Å². The summed E-state index contributed by atoms with van der Waals surface area (Å²) in [5.74, 6) is 5.17. The quantitative estimate of drug-likeness (QED) is 0.344. The number of hydrazine groups is 1. The third kappa shape index (κ3) is 4.82. The molecule has 0 aliphatic rings. The minimum absolute atomic E-state index is 0.178. The van der Waals surface area contributed by atoms with Gasteiger partial charge in [-0.05, 0) is 43.5 Å². The molecule has 1 aromatic carbocycles. The van der Waals surface area contributed by atoms with Crippen LogP contribution in [-0.4, -0.2) is 12.5 Å². The van der Waals surface area contributed by atoms with E-state index < -0.39 is 0 Å². The van der Waals surface area contributed by atoms with Gasteiger partial charge in [0, 0.05) is 6.42 Å². The number of benzene rings is 1. The number of hydrogen-bond donors (Lipinski definition) is 2. The number of amides is 1. The average Bonchev–Trinajstić information content (AvgIpc) is 2.33. The van der Waals surface area contributed by atoms with Crippen LogP contribution in [0.4, 0.5) is 4.39 Å². The predicted octanol–water partition coefficient (Wildman–Crippen LogP) is 1.67. The molecular weight excluding hydrogens is 223 g/mol. The smallest absolute Gasteiger partial charge is 0.233 e. The van der Waals surface area contributed by atoms with Crippen LogP contribution < -0.4 is 16.0 Å². The van der Waals surface area contributed by atoms with Crippen LogP contribution in [0.1, 0.15) is 24.8 Å². The van der Waals surface area contributed by atoms with Gasteiger partial charge in [0.05, 0.1) is 6.61 Å². The van der Waals surface area contributed by atoms with Crippen LogP contribution in [-0.2, 0) is 4.79 Å². The van der Waals surface area contributed by atoms with Crippen molar-refractivity contribution in [2.75, 3.05) is 6.61 Å². The normalized spacial score (nSPS) is 10.1. The van der Waals surface area contributed by atoms with Gasteiger partial charge in [0.2, 0.25) is 5.91 Å². The van der Waals surface area contributed by atoms with Crippen molar-refractivity contribution in [1.82, 2.24) is 5.43 Å². The van der Waals surface area contributed by atoms with Crippen molar-refractivity contribution < 1.29 is 13.9 Å². The number of ether oxygens (including phenoxy) is 1. The SMILES string of the molecule is Cc1cc(OCCCCC(=O)NN)ccc1F. The molecule has 94 valence electrons. The number of unbranched alkanes of at least 4 members (excludes halogenated alkanes) is 1. The molecule has 0 spiro atoms. The van der Waals surface area contributed by atoms with E-state index in [1.807, 2.05) is 0 Å². The number of hydrogen-bond acceptors (Lipinski definition) is 3. The zero-order valence-electron chi connectivity index (χ0n) is 9.83. The fourth-order valence-electron chi connectivity index (χ4n) is 1.36. The Hall–Kier alpha value is -1.62. The van der Waals surface area contributed by atoms with E-state index in [0.29, 0.717) is 30.8 Å². The summed E-state index contributed by atoms with van der Waals surface area (Å²) in [6.07, 6.45) is 1.86. The van der Waals surface area contributed by atoms with Crippen LogP contribution in [0.2, 0.25) is 0 Å². The number of rotatable bonds is 6. The molecule has 0 unspecified atom stereocenters. The Balaban J connectivity index is 2.22. The second-order valence-corrected chi connectivity index (χ2v) is 3.78. The summed E-state index contributed by atoms with van der Waals surface area (Å²) in [7, 11) is 0. The molecule has 1 rings (SSSR count). The van der Waals surface area contributed by atoms with Crippen molar-refractivity contribution in [2.45, 2.75) is 26.2 Å². The highest BCUT2D eigenvalue weighted by Crippen LogP contribution is 2.16. The number of carbonyl (C=O) groups is 1. The molecule has 5 heteroatoms. The molecule has 0 fully saturated rings. The summed E-state index contributed by atoms with van der Waals surface area (Å²) in [6.45, 7) is 2.19. The number of nitrogens with two attached hydrogens (primary N) is 1. The molecule has 0 saturated carbocycles. The number of halogens is 1. The zero-order valence-corrected chi connectivity index (χ0v) is 9.83. The first-order valence-corrected chi connectivity index (χ1v) is 5.52. The molecule has 1 aromatic rings. The second kappa shape index (κ2) is 6.85. The summed E-state index contributed by atoms with van der Waals surface area (Å²) in [6, 6.07) is 4.63.